The number of nitrogens with one attached hydrogen (secondary N) is 5. The van der Waals surface area contributed by atoms with Crippen LogP contribution in [0.5, 0.6) is 0 Å². The lowest BCUT2D eigenvalue weighted by atomic mass is 10.1. The van der Waals surface area contributed by atoms with Crippen LogP contribution in [-0.2, 0) is 47.9 Å². The highest BCUT2D eigenvalue weighted by atomic mass is 16.4. The third kappa shape index (κ3) is 15.0. The van der Waals surface area contributed by atoms with E-state index in [-0.39, 0.29) is 0 Å². The summed E-state index contributed by atoms with van der Waals surface area (Å²) in [5.41, 5.74) is 5.09. The van der Waals surface area contributed by atoms with Crippen molar-refractivity contribution in [1.82, 2.24) is 26.6 Å². The maximum Gasteiger partial charge on any atom is 0.326 e. The second-order valence-corrected chi connectivity index (χ2v) is 8.01. The number of carboxylic acids is 5. The number of hydrogen-bond donors (Lipinski definition) is 11. The van der Waals surface area contributed by atoms with Gasteiger partial charge in [-0.3, -0.25) is 43.2 Å². The molecule has 0 heterocycles. The number of nitrogens with two attached hydrogens (primary N) is 1. The molecule has 5 amide bonds. The van der Waals surface area contributed by atoms with Gasteiger partial charge >= 0.3 is 29.8 Å². The quantitative estimate of drug-likeness (QED) is 0.0664. The molecular weight excluding hydrogens is 564 g/mol. The van der Waals surface area contributed by atoms with Crippen molar-refractivity contribution >= 4 is 59.4 Å². The molecule has 228 valence electrons. The normalized spacial score (nSPS) is 13.2. The van der Waals surface area contributed by atoms with Crippen molar-refractivity contribution in [3.8, 4) is 0 Å². The second kappa shape index (κ2) is 17.3. The molecule has 0 aliphatic heterocycles. The van der Waals surface area contributed by atoms with Gasteiger partial charge in [-0.05, 0) is 0 Å². The molecule has 0 aromatic heterocycles. The summed E-state index contributed by atoms with van der Waals surface area (Å²) in [5.74, 6) is -14.4. The van der Waals surface area contributed by atoms with Crippen LogP contribution in [0.2, 0.25) is 0 Å². The summed E-state index contributed by atoms with van der Waals surface area (Å²) in [7, 11) is 0. The van der Waals surface area contributed by atoms with Crippen molar-refractivity contribution in [1.29, 1.82) is 0 Å². The molecule has 0 aliphatic carbocycles. The summed E-state index contributed by atoms with van der Waals surface area (Å²) in [5, 5.41) is 54.1. The molecule has 21 heteroatoms. The molecule has 0 aromatic carbocycles. The number of carbonyl (C=O) groups excluding carboxylic acids is 5. The van der Waals surface area contributed by atoms with E-state index in [1.807, 2.05) is 21.3 Å². The van der Waals surface area contributed by atoms with Crippen molar-refractivity contribution in [2.45, 2.75) is 49.9 Å². The van der Waals surface area contributed by atoms with Crippen LogP contribution in [0.1, 0.15) is 25.7 Å². The molecule has 0 fully saturated rings. The summed E-state index contributed by atoms with van der Waals surface area (Å²) < 4.78 is 0. The van der Waals surface area contributed by atoms with Crippen LogP contribution < -0.4 is 32.3 Å². The number of amides is 5. The number of aliphatic carboxylic acids is 5. The topological polar surface area (TPSA) is 358 Å². The zero-order valence-corrected chi connectivity index (χ0v) is 20.9. The highest BCUT2D eigenvalue weighted by molar-refractivity contribution is 5.97. The van der Waals surface area contributed by atoms with Crippen LogP contribution in [0.4, 0.5) is 0 Å². The van der Waals surface area contributed by atoms with E-state index in [2.05, 4.69) is 0 Å². The maximum absolute atomic E-state index is 12.5. The minimum atomic E-state index is -1.98. The fraction of sp³-hybridized carbons (Fsp3) is 0.500. The highest BCUT2D eigenvalue weighted by Gasteiger charge is 2.32. The lowest BCUT2D eigenvalue weighted by Gasteiger charge is -2.22. The summed E-state index contributed by atoms with van der Waals surface area (Å²) in [6.45, 7) is -1.66. The van der Waals surface area contributed by atoms with E-state index in [1.54, 1.807) is 5.32 Å². The van der Waals surface area contributed by atoms with Crippen molar-refractivity contribution in [3.63, 3.8) is 0 Å². The third-order valence-electron chi connectivity index (χ3n) is 4.67. The molecule has 0 aromatic rings. The second-order valence-electron chi connectivity index (χ2n) is 8.01. The van der Waals surface area contributed by atoms with E-state index in [9.17, 15) is 47.9 Å². The molecule has 0 aliphatic rings. The lowest BCUT2D eigenvalue weighted by Crippen LogP contribution is -2.57. The first-order chi connectivity index (χ1) is 19.0. The van der Waals surface area contributed by atoms with E-state index >= 15 is 0 Å². The Hall–Kier alpha value is -5.34. The van der Waals surface area contributed by atoms with Gasteiger partial charge in [-0.1, -0.05) is 0 Å². The molecule has 0 bridgehead atoms. The van der Waals surface area contributed by atoms with Crippen LogP contribution >= 0.6 is 0 Å². The number of rotatable bonds is 19. The van der Waals surface area contributed by atoms with Gasteiger partial charge in [0.2, 0.25) is 29.5 Å². The third-order valence-corrected chi connectivity index (χ3v) is 4.67. The van der Waals surface area contributed by atoms with Crippen molar-refractivity contribution in [2.24, 2.45) is 5.73 Å². The monoisotopic (exact) mass is 592 g/mol. The Balaban J connectivity index is 5.48. The van der Waals surface area contributed by atoms with E-state index < -0.39 is 122 Å². The molecule has 41 heavy (non-hydrogen) atoms. The summed E-state index contributed by atoms with van der Waals surface area (Å²) in [6.07, 6.45) is -4.22. The fourth-order valence-electron chi connectivity index (χ4n) is 2.86. The van der Waals surface area contributed by atoms with E-state index in [0.29, 0.717) is 0 Å². The largest absolute Gasteiger partial charge is 0.481 e. The fourth-order valence-corrected chi connectivity index (χ4v) is 2.86. The molecule has 4 atom stereocenters. The average molecular weight is 592 g/mol. The van der Waals surface area contributed by atoms with Gasteiger partial charge in [0, 0.05) is 0 Å². The van der Waals surface area contributed by atoms with E-state index in [0.717, 1.165) is 0 Å². The van der Waals surface area contributed by atoms with Crippen molar-refractivity contribution < 1.29 is 73.5 Å². The van der Waals surface area contributed by atoms with Gasteiger partial charge in [0.1, 0.15) is 24.2 Å². The molecule has 0 spiro atoms. The Morgan fingerprint density at radius 1 is 0.488 bits per heavy atom. The SMILES string of the molecule is NCC(=O)N[C@@H](CC(=O)O)C(=O)N[C@@H](CC(=O)O)C(=O)NCC(=O)N[C@@H](CC(=O)O)C(=O)N[C@@H](CC(=O)O)C(=O)O. The molecule has 0 unspecified atom stereocenters. The molecule has 0 rings (SSSR count). The van der Waals surface area contributed by atoms with Crippen LogP contribution in [0.15, 0.2) is 0 Å². The lowest BCUT2D eigenvalue weighted by molar-refractivity contribution is -0.148. The Kier molecular flexibility index (Phi) is 15.0. The molecular formula is C20H28N6O15. The molecule has 21 nitrogen and oxygen atoms in total. The zero-order chi connectivity index (χ0) is 31.9. The maximum atomic E-state index is 12.5. The van der Waals surface area contributed by atoms with Gasteiger partial charge in [-0.25, -0.2) is 4.79 Å². The van der Waals surface area contributed by atoms with E-state index in [1.165, 1.54) is 0 Å². The van der Waals surface area contributed by atoms with Crippen LogP contribution in [0.25, 0.3) is 0 Å². The number of hydrogen-bond acceptors (Lipinski definition) is 11. The highest BCUT2D eigenvalue weighted by Crippen LogP contribution is 2.01. The molecule has 12 N–H and O–H groups in total. The Morgan fingerprint density at radius 2 is 0.829 bits per heavy atom. The molecule has 0 saturated carbocycles. The van der Waals surface area contributed by atoms with E-state index in [4.69, 9.17) is 31.3 Å². The van der Waals surface area contributed by atoms with Crippen LogP contribution in [-0.4, -0.2) is 122 Å². The first-order valence-corrected chi connectivity index (χ1v) is 11.2. The predicted octanol–water partition coefficient (Wildman–Crippen LogP) is -6.02. The van der Waals surface area contributed by atoms with Gasteiger partial charge < -0.3 is 57.9 Å². The minimum absolute atomic E-state index is 0.630. The number of carbonyl (C=O) groups is 10. The Labute approximate surface area is 228 Å². The minimum Gasteiger partial charge on any atom is -0.481 e. The average Bonchev–Trinajstić information content (AvgIpc) is 2.84. The van der Waals surface area contributed by atoms with Gasteiger partial charge in [0.15, 0.2) is 0 Å². The number of carboxylic acid groups (broad SMARTS) is 5. The summed E-state index contributed by atoms with van der Waals surface area (Å²) in [6, 6.07) is -7.59. The first-order valence-electron chi connectivity index (χ1n) is 11.2. The van der Waals surface area contributed by atoms with Crippen LogP contribution in [0.3, 0.4) is 0 Å². The van der Waals surface area contributed by atoms with Gasteiger partial charge in [0.25, 0.3) is 0 Å². The Bertz CT molecular complexity index is 1080. The summed E-state index contributed by atoms with van der Waals surface area (Å²) in [4.78, 5) is 116. The van der Waals surface area contributed by atoms with Gasteiger partial charge in [-0.15, -0.1) is 0 Å². The van der Waals surface area contributed by atoms with Gasteiger partial charge in [-0.2, -0.15) is 0 Å². The molecule has 0 saturated heterocycles. The van der Waals surface area contributed by atoms with Crippen molar-refractivity contribution in [3.05, 3.63) is 0 Å². The van der Waals surface area contributed by atoms with Gasteiger partial charge in [0.05, 0.1) is 38.8 Å². The standard InChI is InChI=1S/C20H28N6O15/c21-5-11(27)23-8(2-14(31)32)18(38)25-7(1-13(29)30)17(37)22-6-12(28)24-9(3-15(33)34)19(39)26-10(20(40)41)4-16(35)36/h7-10H,1-6,21H2,(H,22,37)(H,23,27)(H,24,28)(H,25,38)(H,26,39)(H,29,30)(H,31,32)(H,33,34)(H,35,36)(H,40,41)/t7-,8-,9-,10-/m0/s1. The predicted molar refractivity (Wildman–Crippen MR) is 126 cm³/mol. The van der Waals surface area contributed by atoms with Crippen molar-refractivity contribution in [2.75, 3.05) is 13.1 Å². The summed E-state index contributed by atoms with van der Waals surface area (Å²) >= 11 is 0. The Morgan fingerprint density at radius 3 is 1.20 bits per heavy atom. The smallest absolute Gasteiger partial charge is 0.326 e. The zero-order valence-electron chi connectivity index (χ0n) is 20.9. The molecule has 0 radical (unpaired) electrons. The van der Waals surface area contributed by atoms with Crippen LogP contribution in [0, 0.1) is 0 Å². The first kappa shape index (κ1) is 35.7.